The van der Waals surface area contributed by atoms with Crippen LogP contribution in [0.25, 0.3) is 0 Å². The molecule has 1 saturated heterocycles. The van der Waals surface area contributed by atoms with E-state index in [0.717, 1.165) is 25.7 Å². The number of hydrogen-bond donors (Lipinski definition) is 2. The van der Waals surface area contributed by atoms with Gasteiger partial charge in [-0.25, -0.2) is 4.79 Å². The van der Waals surface area contributed by atoms with Gasteiger partial charge in [-0.15, -0.1) is 13.2 Å². The molecule has 2 amide bonds. The molecule has 0 aromatic heterocycles. The fraction of sp³-hybridized carbons (Fsp3) is 0.696. The number of β-amino-alcohol motifs (C(OH)–C–C–N with tert-alkyl or cyclic N) is 1. The zero-order valence-corrected chi connectivity index (χ0v) is 18.4. The van der Waals surface area contributed by atoms with Crippen molar-refractivity contribution < 1.29 is 24.2 Å². The summed E-state index contributed by atoms with van der Waals surface area (Å²) in [5.41, 5.74) is -1.11. The Balaban J connectivity index is 2.01. The Hall–Kier alpha value is -2.15. The molecule has 0 aromatic rings. The van der Waals surface area contributed by atoms with Crippen LogP contribution >= 0.6 is 0 Å². The van der Waals surface area contributed by atoms with E-state index >= 15 is 0 Å². The molecule has 1 unspecified atom stereocenters. The smallest absolute Gasteiger partial charge is 0.332 e. The molecule has 7 heteroatoms. The molecule has 1 heterocycles. The number of amides is 2. The number of likely N-dealkylation sites (tertiary alicyclic amines) is 1. The monoisotopic (exact) mass is 420 g/mol. The largest absolute Gasteiger partial charge is 0.467 e. The van der Waals surface area contributed by atoms with Crippen molar-refractivity contribution in [1.29, 1.82) is 0 Å². The van der Waals surface area contributed by atoms with Crippen molar-refractivity contribution in [1.82, 2.24) is 10.2 Å². The summed E-state index contributed by atoms with van der Waals surface area (Å²) in [6.07, 6.45) is 7.00. The molecule has 30 heavy (non-hydrogen) atoms. The average Bonchev–Trinajstić information content (AvgIpc) is 3.31. The standard InChI is InChI=1S/C23H36N2O5/c1-6-8-9-15(3)10-11-16(4)21(28)25-14-18(26)12-19(25)20(27)24-23(22(29)30-5)13-17(23)7-2/h6-7,15-19,26H,1-2,8-14H2,3-5H3,(H,24,27)/t15-,16+,17?,18+,19+,23-/m1/s1. The minimum absolute atomic E-state index is 0.128. The number of nitrogens with zero attached hydrogens (tertiary/aromatic N) is 1. The lowest BCUT2D eigenvalue weighted by Gasteiger charge is -2.28. The van der Waals surface area contributed by atoms with Crippen LogP contribution in [0.5, 0.6) is 0 Å². The Morgan fingerprint density at radius 3 is 2.53 bits per heavy atom. The molecule has 2 rings (SSSR count). The van der Waals surface area contributed by atoms with E-state index in [1.807, 2.05) is 13.0 Å². The van der Waals surface area contributed by atoms with Crippen molar-refractivity contribution in [2.45, 2.75) is 70.1 Å². The second kappa shape index (κ2) is 10.2. The summed E-state index contributed by atoms with van der Waals surface area (Å²) in [6.45, 7) is 11.6. The zero-order valence-electron chi connectivity index (χ0n) is 18.4. The van der Waals surface area contributed by atoms with Crippen LogP contribution in [0.3, 0.4) is 0 Å². The Labute approximate surface area is 179 Å². The fourth-order valence-corrected chi connectivity index (χ4v) is 4.28. The van der Waals surface area contributed by atoms with Gasteiger partial charge in [0.25, 0.3) is 0 Å². The Kier molecular flexibility index (Phi) is 8.24. The zero-order chi connectivity index (χ0) is 22.5. The number of methoxy groups -OCH3 is 1. The Morgan fingerprint density at radius 2 is 1.97 bits per heavy atom. The molecule has 0 radical (unpaired) electrons. The lowest BCUT2D eigenvalue weighted by molar-refractivity contribution is -0.148. The third-order valence-electron chi connectivity index (χ3n) is 6.44. The Morgan fingerprint density at radius 1 is 1.27 bits per heavy atom. The fourth-order valence-electron chi connectivity index (χ4n) is 4.28. The van der Waals surface area contributed by atoms with Gasteiger partial charge in [-0.3, -0.25) is 9.59 Å². The number of nitrogens with one attached hydrogen (secondary N) is 1. The highest BCUT2D eigenvalue weighted by Gasteiger charge is 2.61. The van der Waals surface area contributed by atoms with Crippen molar-refractivity contribution in [3.8, 4) is 0 Å². The van der Waals surface area contributed by atoms with Gasteiger partial charge in [-0.1, -0.05) is 26.0 Å². The maximum Gasteiger partial charge on any atom is 0.332 e. The first kappa shape index (κ1) is 24.1. The van der Waals surface area contributed by atoms with E-state index in [9.17, 15) is 19.5 Å². The van der Waals surface area contributed by atoms with Crippen molar-refractivity contribution in [2.75, 3.05) is 13.7 Å². The molecule has 2 aliphatic rings. The van der Waals surface area contributed by atoms with Crippen LogP contribution in [0.1, 0.15) is 52.4 Å². The van der Waals surface area contributed by atoms with Gasteiger partial charge in [0.1, 0.15) is 11.6 Å². The van der Waals surface area contributed by atoms with Gasteiger partial charge in [-0.2, -0.15) is 0 Å². The number of allylic oxidation sites excluding steroid dienone is 1. The van der Waals surface area contributed by atoms with Crippen molar-refractivity contribution >= 4 is 17.8 Å². The quantitative estimate of drug-likeness (QED) is 0.395. The number of ether oxygens (including phenoxy) is 1. The van der Waals surface area contributed by atoms with E-state index in [4.69, 9.17) is 4.74 Å². The number of carbonyl (C=O) groups excluding carboxylic acids is 3. The van der Waals surface area contributed by atoms with Gasteiger partial charge < -0.3 is 20.1 Å². The van der Waals surface area contributed by atoms with Crippen LogP contribution in [0.15, 0.2) is 25.3 Å². The van der Waals surface area contributed by atoms with Crippen LogP contribution in [0.2, 0.25) is 0 Å². The van der Waals surface area contributed by atoms with Gasteiger partial charge in [0.2, 0.25) is 11.8 Å². The topological polar surface area (TPSA) is 95.9 Å². The molecule has 1 aliphatic carbocycles. The van der Waals surface area contributed by atoms with Crippen LogP contribution in [-0.2, 0) is 19.1 Å². The number of hydrogen-bond acceptors (Lipinski definition) is 5. The number of aliphatic hydroxyl groups is 1. The third kappa shape index (κ3) is 5.31. The molecule has 2 fully saturated rings. The summed E-state index contributed by atoms with van der Waals surface area (Å²) >= 11 is 0. The van der Waals surface area contributed by atoms with Gasteiger partial charge in [-0.05, 0) is 38.0 Å². The van der Waals surface area contributed by atoms with E-state index in [1.165, 1.54) is 12.0 Å². The molecule has 7 nitrogen and oxygen atoms in total. The lowest BCUT2D eigenvalue weighted by atomic mass is 9.94. The molecule has 1 aliphatic heterocycles. The molecule has 168 valence electrons. The highest BCUT2D eigenvalue weighted by Crippen LogP contribution is 2.45. The molecule has 6 atom stereocenters. The maximum absolute atomic E-state index is 13.0. The first-order valence-electron chi connectivity index (χ1n) is 10.8. The molecular formula is C23H36N2O5. The molecule has 0 bridgehead atoms. The number of rotatable bonds is 11. The van der Waals surface area contributed by atoms with Crippen molar-refractivity contribution in [3.05, 3.63) is 25.3 Å². The molecular weight excluding hydrogens is 384 g/mol. The number of esters is 1. The normalized spacial score (nSPS) is 29.6. The molecule has 0 spiro atoms. The number of aliphatic hydroxyl groups excluding tert-OH is 1. The first-order valence-corrected chi connectivity index (χ1v) is 10.8. The summed E-state index contributed by atoms with van der Waals surface area (Å²) < 4.78 is 4.85. The van der Waals surface area contributed by atoms with Crippen LogP contribution in [0.4, 0.5) is 0 Å². The maximum atomic E-state index is 13.0. The van der Waals surface area contributed by atoms with E-state index in [2.05, 4.69) is 25.4 Å². The summed E-state index contributed by atoms with van der Waals surface area (Å²) in [7, 11) is 1.28. The van der Waals surface area contributed by atoms with Crippen LogP contribution in [0, 0.1) is 17.8 Å². The SMILES string of the molecule is C=CCC[C@@H](C)CC[C@H](C)C(=O)N1C[C@@H](O)C[C@H]1C(=O)N[C@]1(C(=O)OC)CC1C=C. The van der Waals surface area contributed by atoms with E-state index in [0.29, 0.717) is 12.3 Å². The van der Waals surface area contributed by atoms with Gasteiger partial charge in [0.05, 0.1) is 13.2 Å². The first-order chi connectivity index (χ1) is 14.2. The Bertz CT molecular complexity index is 679. The average molecular weight is 421 g/mol. The summed E-state index contributed by atoms with van der Waals surface area (Å²) in [6, 6.07) is -0.791. The number of carbonyl (C=O) groups is 3. The minimum atomic E-state index is -1.11. The van der Waals surface area contributed by atoms with Crippen molar-refractivity contribution in [3.63, 3.8) is 0 Å². The van der Waals surface area contributed by atoms with E-state index < -0.39 is 29.6 Å². The van der Waals surface area contributed by atoms with Crippen LogP contribution in [-0.4, -0.2) is 59.1 Å². The predicted molar refractivity (Wildman–Crippen MR) is 114 cm³/mol. The second-order valence-corrected chi connectivity index (χ2v) is 8.84. The minimum Gasteiger partial charge on any atom is -0.467 e. The predicted octanol–water partition coefficient (Wildman–Crippen LogP) is 2.20. The van der Waals surface area contributed by atoms with E-state index in [1.54, 1.807) is 6.08 Å². The van der Waals surface area contributed by atoms with Gasteiger partial charge in [0.15, 0.2) is 0 Å². The summed E-state index contributed by atoms with van der Waals surface area (Å²) in [5.74, 6) is -1.02. The lowest BCUT2D eigenvalue weighted by Crippen LogP contribution is -2.53. The molecule has 2 N–H and O–H groups in total. The van der Waals surface area contributed by atoms with Crippen LogP contribution < -0.4 is 5.32 Å². The van der Waals surface area contributed by atoms with Crippen molar-refractivity contribution in [2.24, 2.45) is 17.8 Å². The third-order valence-corrected chi connectivity index (χ3v) is 6.44. The van der Waals surface area contributed by atoms with Gasteiger partial charge in [0, 0.05) is 24.8 Å². The summed E-state index contributed by atoms with van der Waals surface area (Å²) in [5, 5.41) is 12.9. The molecule has 0 aromatic carbocycles. The van der Waals surface area contributed by atoms with E-state index in [-0.39, 0.29) is 30.7 Å². The van der Waals surface area contributed by atoms with Gasteiger partial charge >= 0.3 is 5.97 Å². The summed E-state index contributed by atoms with van der Waals surface area (Å²) in [4.78, 5) is 39.7. The second-order valence-electron chi connectivity index (χ2n) is 8.84. The highest BCUT2D eigenvalue weighted by molar-refractivity contribution is 5.95. The molecule has 1 saturated carbocycles. The highest BCUT2D eigenvalue weighted by atomic mass is 16.5.